The van der Waals surface area contributed by atoms with Gasteiger partial charge in [-0.25, -0.2) is 38.7 Å². The Kier molecular flexibility index (Phi) is 23.4. The van der Waals surface area contributed by atoms with Gasteiger partial charge >= 0.3 is 23.9 Å². The van der Waals surface area contributed by atoms with Gasteiger partial charge in [0.2, 0.25) is 0 Å². The minimum Gasteiger partial charge on any atom is -0.248 e. The van der Waals surface area contributed by atoms with E-state index < -0.39 is 23.9 Å². The molecular weight excluding hydrogens is 548 g/mol. The summed E-state index contributed by atoms with van der Waals surface area (Å²) in [5, 5.41) is 0. The highest BCUT2D eigenvalue weighted by atomic mass is 17.2. The second-order valence-electron chi connectivity index (χ2n) is 12.3. The Morgan fingerprint density at radius 3 is 1.58 bits per heavy atom. The van der Waals surface area contributed by atoms with Crippen LogP contribution in [0.15, 0.2) is 12.2 Å². The molecule has 8 nitrogen and oxygen atoms in total. The summed E-state index contributed by atoms with van der Waals surface area (Å²) in [6.07, 6.45) is 27.4. The lowest BCUT2D eigenvalue weighted by molar-refractivity contribution is -0.263. The highest BCUT2D eigenvalue weighted by molar-refractivity contribution is 5.75. The van der Waals surface area contributed by atoms with E-state index in [1.54, 1.807) is 0 Å². The molecule has 1 aliphatic carbocycles. The molecule has 3 unspecified atom stereocenters. The van der Waals surface area contributed by atoms with E-state index in [4.69, 9.17) is 9.78 Å². The van der Waals surface area contributed by atoms with Gasteiger partial charge in [-0.3, -0.25) is 0 Å². The number of unbranched alkanes of at least 4 members (excludes halogenated alkanes) is 15. The van der Waals surface area contributed by atoms with Crippen molar-refractivity contribution in [3.05, 3.63) is 12.2 Å². The fraction of sp³-hybridized carbons (Fsp3) is 0.829. The zero-order valence-electron chi connectivity index (χ0n) is 27.4. The monoisotopic (exact) mass is 608 g/mol. The first-order valence-corrected chi connectivity index (χ1v) is 17.3. The van der Waals surface area contributed by atoms with Crippen molar-refractivity contribution in [3.8, 4) is 0 Å². The van der Waals surface area contributed by atoms with Gasteiger partial charge in [0.15, 0.2) is 0 Å². The summed E-state index contributed by atoms with van der Waals surface area (Å²) in [7, 11) is 0. The first-order valence-electron chi connectivity index (χ1n) is 17.3. The average Bonchev–Trinajstić information content (AvgIpc) is 3.00. The van der Waals surface area contributed by atoms with Crippen molar-refractivity contribution in [1.29, 1.82) is 0 Å². The third kappa shape index (κ3) is 21.0. The van der Waals surface area contributed by atoms with Gasteiger partial charge in [0.1, 0.15) is 0 Å². The quantitative estimate of drug-likeness (QED) is 0.0462. The van der Waals surface area contributed by atoms with Crippen molar-refractivity contribution in [1.82, 2.24) is 0 Å². The molecule has 0 N–H and O–H groups in total. The van der Waals surface area contributed by atoms with E-state index in [0.29, 0.717) is 18.8 Å². The van der Waals surface area contributed by atoms with Crippen LogP contribution in [0.5, 0.6) is 0 Å². The van der Waals surface area contributed by atoms with E-state index in [9.17, 15) is 19.2 Å². The van der Waals surface area contributed by atoms with Crippen molar-refractivity contribution < 1.29 is 38.7 Å². The molecule has 0 aliphatic heterocycles. The van der Waals surface area contributed by atoms with Gasteiger partial charge in [0.25, 0.3) is 0 Å². The SMILES string of the molecule is CCCCCCCCCCCC(=O)OOC(=O)C1CC(CCCCCCCC(=O)OOC(C)=O)C=CC1CCCCCC. The van der Waals surface area contributed by atoms with E-state index in [2.05, 4.69) is 35.8 Å². The van der Waals surface area contributed by atoms with Crippen LogP contribution in [-0.4, -0.2) is 23.9 Å². The molecule has 3 atom stereocenters. The summed E-state index contributed by atoms with van der Waals surface area (Å²) in [5.74, 6) is -1.94. The van der Waals surface area contributed by atoms with Crippen LogP contribution in [0.3, 0.4) is 0 Å². The minimum absolute atomic E-state index is 0.114. The Labute approximate surface area is 260 Å². The molecule has 8 heteroatoms. The zero-order valence-corrected chi connectivity index (χ0v) is 27.4. The number of carbonyl (C=O) groups is 4. The number of allylic oxidation sites excluding steroid dienone is 2. The predicted molar refractivity (Wildman–Crippen MR) is 167 cm³/mol. The average molecular weight is 609 g/mol. The van der Waals surface area contributed by atoms with Crippen LogP contribution in [0.2, 0.25) is 0 Å². The number of rotatable bonds is 24. The third-order valence-corrected chi connectivity index (χ3v) is 8.31. The summed E-state index contributed by atoms with van der Waals surface area (Å²) in [6.45, 7) is 5.60. The molecule has 1 aliphatic rings. The smallest absolute Gasteiger partial charge is 0.248 e. The topological polar surface area (TPSA) is 105 Å². The Bertz CT molecular complexity index is 793. The second-order valence-corrected chi connectivity index (χ2v) is 12.3. The maximum atomic E-state index is 13.1. The molecule has 0 saturated heterocycles. The number of hydrogen-bond donors (Lipinski definition) is 0. The summed E-state index contributed by atoms with van der Waals surface area (Å²) in [4.78, 5) is 66.1. The summed E-state index contributed by atoms with van der Waals surface area (Å²) in [6, 6.07) is 0. The fourth-order valence-corrected chi connectivity index (χ4v) is 5.73. The van der Waals surface area contributed by atoms with Crippen LogP contribution in [0.1, 0.15) is 168 Å². The van der Waals surface area contributed by atoms with Crippen molar-refractivity contribution in [3.63, 3.8) is 0 Å². The first kappa shape index (κ1) is 38.6. The van der Waals surface area contributed by atoms with E-state index in [1.807, 2.05) is 0 Å². The zero-order chi connectivity index (χ0) is 31.5. The molecule has 1 rings (SSSR count). The van der Waals surface area contributed by atoms with Crippen LogP contribution < -0.4 is 0 Å². The van der Waals surface area contributed by atoms with Crippen molar-refractivity contribution in [2.75, 3.05) is 0 Å². The van der Waals surface area contributed by atoms with E-state index >= 15 is 0 Å². The molecule has 0 aromatic carbocycles. The molecule has 43 heavy (non-hydrogen) atoms. The lowest BCUT2D eigenvalue weighted by Crippen LogP contribution is -2.30. The molecule has 0 saturated carbocycles. The van der Waals surface area contributed by atoms with Crippen molar-refractivity contribution in [2.45, 2.75) is 168 Å². The molecule has 0 radical (unpaired) electrons. The molecular formula is C35H60O8. The Morgan fingerprint density at radius 1 is 0.558 bits per heavy atom. The third-order valence-electron chi connectivity index (χ3n) is 8.31. The Balaban J connectivity index is 2.36. The van der Waals surface area contributed by atoms with Gasteiger partial charge < -0.3 is 0 Å². The molecule has 0 aromatic rings. The maximum Gasteiger partial charge on any atom is 0.359 e. The van der Waals surface area contributed by atoms with Crippen molar-refractivity contribution >= 4 is 23.9 Å². The van der Waals surface area contributed by atoms with Gasteiger partial charge in [0.05, 0.1) is 18.8 Å². The summed E-state index contributed by atoms with van der Waals surface area (Å²) >= 11 is 0. The number of carbonyl (C=O) groups excluding carboxylic acids is 4. The molecule has 0 aromatic heterocycles. The van der Waals surface area contributed by atoms with Crippen LogP contribution in [-0.2, 0) is 38.7 Å². The molecule has 0 amide bonds. The summed E-state index contributed by atoms with van der Waals surface area (Å²) in [5.41, 5.74) is 0. The molecule has 0 bridgehead atoms. The molecule has 0 fully saturated rings. The predicted octanol–water partition coefficient (Wildman–Crippen LogP) is 9.44. The lowest BCUT2D eigenvalue weighted by Gasteiger charge is -2.30. The van der Waals surface area contributed by atoms with Crippen LogP contribution in [0, 0.1) is 17.8 Å². The van der Waals surface area contributed by atoms with E-state index in [-0.39, 0.29) is 24.7 Å². The van der Waals surface area contributed by atoms with E-state index in [1.165, 1.54) is 58.3 Å². The highest BCUT2D eigenvalue weighted by Crippen LogP contribution is 2.35. The minimum atomic E-state index is -0.645. The fourth-order valence-electron chi connectivity index (χ4n) is 5.73. The van der Waals surface area contributed by atoms with E-state index in [0.717, 1.165) is 70.6 Å². The molecule has 0 spiro atoms. The summed E-state index contributed by atoms with van der Waals surface area (Å²) < 4.78 is 0. The van der Waals surface area contributed by atoms with Gasteiger partial charge in [-0.15, -0.1) is 0 Å². The van der Waals surface area contributed by atoms with Gasteiger partial charge in [0, 0.05) is 6.92 Å². The van der Waals surface area contributed by atoms with Gasteiger partial charge in [-0.2, -0.15) is 0 Å². The van der Waals surface area contributed by atoms with Gasteiger partial charge in [-0.05, 0) is 43.9 Å². The highest BCUT2D eigenvalue weighted by Gasteiger charge is 2.34. The van der Waals surface area contributed by atoms with Crippen LogP contribution in [0.4, 0.5) is 0 Å². The Hall–Kier alpha value is -2.38. The van der Waals surface area contributed by atoms with Crippen LogP contribution in [0.25, 0.3) is 0 Å². The number of hydrogen-bond acceptors (Lipinski definition) is 8. The normalized spacial score (nSPS) is 17.8. The Morgan fingerprint density at radius 2 is 1.02 bits per heavy atom. The van der Waals surface area contributed by atoms with Crippen LogP contribution >= 0.6 is 0 Å². The first-order chi connectivity index (χ1) is 20.9. The largest absolute Gasteiger partial charge is 0.359 e. The molecule has 248 valence electrons. The molecule has 0 heterocycles. The lowest BCUT2D eigenvalue weighted by atomic mass is 9.75. The van der Waals surface area contributed by atoms with Crippen molar-refractivity contribution in [2.24, 2.45) is 17.8 Å². The maximum absolute atomic E-state index is 13.1. The standard InChI is InChI=1S/C35H60O8/c1-4-6-8-10-11-12-13-16-20-25-34(38)42-43-35(39)32-28-30(26-27-31(32)23-19-9-7-5-2)22-18-15-14-17-21-24-33(37)41-40-29(3)36/h26-27,30-32H,4-25,28H2,1-3H3. The second kappa shape index (κ2) is 26.1. The van der Waals surface area contributed by atoms with Gasteiger partial charge in [-0.1, -0.05) is 129 Å².